The van der Waals surface area contributed by atoms with Crippen LogP contribution in [0.4, 0.5) is 21.0 Å². The number of nitro groups is 2. The molecule has 4 bridgehead atoms. The first-order valence-electron chi connectivity index (χ1n) is 10.6. The van der Waals surface area contributed by atoms with E-state index in [-0.39, 0.29) is 17.8 Å². The zero-order valence-corrected chi connectivity index (χ0v) is 18.3. The molecule has 1 saturated heterocycles. The van der Waals surface area contributed by atoms with Crippen molar-refractivity contribution in [3.8, 4) is 0 Å². The maximum atomic E-state index is 12.7. The number of benzene rings is 3. The summed E-state index contributed by atoms with van der Waals surface area (Å²) in [5.41, 5.74) is -0.228. The molecule has 0 amide bonds. The molecule has 12 heteroatoms. The van der Waals surface area contributed by atoms with E-state index in [1.807, 2.05) is 0 Å². The van der Waals surface area contributed by atoms with Gasteiger partial charge in [0.15, 0.2) is 0 Å². The minimum Gasteiger partial charge on any atom is -0.393 e. The van der Waals surface area contributed by atoms with Crippen LogP contribution in [0.1, 0.15) is 22.3 Å². The Balaban J connectivity index is 1.83. The number of carbonyl (C=O) groups is 2. The number of non-ortho nitro benzene ring substituents is 2. The van der Waals surface area contributed by atoms with Crippen molar-refractivity contribution in [2.24, 2.45) is 0 Å². The Labute approximate surface area is 202 Å². The first kappa shape index (κ1) is 22.8. The molecular formula is C24H16N2O10. The van der Waals surface area contributed by atoms with Gasteiger partial charge in [0.25, 0.3) is 24.0 Å². The highest BCUT2D eigenvalue weighted by molar-refractivity contribution is 5.67. The van der Waals surface area contributed by atoms with Gasteiger partial charge >= 0.3 is 12.3 Å². The van der Waals surface area contributed by atoms with Gasteiger partial charge in [-0.05, 0) is 22.3 Å². The van der Waals surface area contributed by atoms with Gasteiger partial charge in [-0.15, -0.1) is 0 Å². The summed E-state index contributed by atoms with van der Waals surface area (Å²) in [4.78, 5) is 46.7. The SMILES string of the molecule is O=C1OC2Cc3ccc(cc3)C(c3ccc([N+](=O)[O-])cc3)(c3ccc([N+](=O)[O-])cc3)C(O1)OC(=O)O2. The molecule has 0 saturated carbocycles. The van der Waals surface area contributed by atoms with Crippen molar-refractivity contribution in [2.45, 2.75) is 24.4 Å². The lowest BCUT2D eigenvalue weighted by Crippen LogP contribution is -2.49. The number of nitrogens with zero attached hydrogens (tertiary/aromatic N) is 2. The van der Waals surface area contributed by atoms with E-state index in [0.717, 1.165) is 0 Å². The Morgan fingerprint density at radius 3 is 1.42 bits per heavy atom. The van der Waals surface area contributed by atoms with E-state index in [0.29, 0.717) is 22.3 Å². The second-order valence-electron chi connectivity index (χ2n) is 8.05. The Bertz CT molecular complexity index is 1280. The van der Waals surface area contributed by atoms with Crippen LogP contribution in [0.2, 0.25) is 0 Å². The maximum absolute atomic E-state index is 12.7. The first-order chi connectivity index (χ1) is 17.3. The van der Waals surface area contributed by atoms with Crippen LogP contribution in [0.3, 0.4) is 0 Å². The molecule has 0 aliphatic carbocycles. The van der Waals surface area contributed by atoms with E-state index in [1.165, 1.54) is 48.5 Å². The molecule has 0 atom stereocenters. The fourth-order valence-electron chi connectivity index (χ4n) is 4.45. The van der Waals surface area contributed by atoms with Crippen molar-refractivity contribution < 1.29 is 38.4 Å². The Morgan fingerprint density at radius 1 is 0.639 bits per heavy atom. The molecule has 5 heterocycles. The van der Waals surface area contributed by atoms with Crippen molar-refractivity contribution in [3.05, 3.63) is 115 Å². The molecule has 182 valence electrons. The van der Waals surface area contributed by atoms with E-state index in [9.17, 15) is 29.8 Å². The molecule has 3 aromatic rings. The lowest BCUT2D eigenvalue weighted by Gasteiger charge is -2.40. The normalized spacial score (nSPS) is 20.1. The number of nitro benzene ring substituents is 2. The molecule has 36 heavy (non-hydrogen) atoms. The standard InChI is InChI=1S/C24H16N2O10/c27-22-33-20-13-14-1-3-15(4-2-14)24(21(35-22)36-23(28)34-20,16-5-9-18(10-6-16)25(29)30)17-7-11-19(12-8-17)26(31)32/h1-12,20-21H,13H2. The lowest BCUT2D eigenvalue weighted by atomic mass is 9.68. The van der Waals surface area contributed by atoms with Crippen molar-refractivity contribution in [2.75, 3.05) is 0 Å². The van der Waals surface area contributed by atoms with Crippen molar-refractivity contribution in [1.82, 2.24) is 0 Å². The molecule has 0 spiro atoms. The monoisotopic (exact) mass is 492 g/mol. The topological polar surface area (TPSA) is 157 Å². The molecule has 8 rings (SSSR count). The van der Waals surface area contributed by atoms with Gasteiger partial charge in [0.2, 0.25) is 0 Å². The number of hydrogen-bond acceptors (Lipinski definition) is 10. The first-order valence-corrected chi connectivity index (χ1v) is 10.6. The van der Waals surface area contributed by atoms with Gasteiger partial charge in [-0.1, -0.05) is 48.5 Å². The fraction of sp³-hybridized carbons (Fsp3) is 0.167. The van der Waals surface area contributed by atoms with Gasteiger partial charge in [-0.2, -0.15) is 0 Å². The highest BCUT2D eigenvalue weighted by Gasteiger charge is 2.51. The molecule has 5 aliphatic heterocycles. The summed E-state index contributed by atoms with van der Waals surface area (Å²) in [5.74, 6) is 0. The van der Waals surface area contributed by atoms with Gasteiger partial charge in [0.1, 0.15) is 5.41 Å². The van der Waals surface area contributed by atoms with Crippen LogP contribution in [0.5, 0.6) is 0 Å². The second kappa shape index (κ2) is 8.65. The summed E-state index contributed by atoms with van der Waals surface area (Å²) >= 11 is 0. The number of hydrogen-bond donors (Lipinski definition) is 0. The summed E-state index contributed by atoms with van der Waals surface area (Å²) in [7, 11) is 0. The van der Waals surface area contributed by atoms with Crippen LogP contribution in [-0.2, 0) is 30.8 Å². The molecule has 5 aliphatic rings. The maximum Gasteiger partial charge on any atom is 0.514 e. The Hall–Kier alpha value is -5.00. The van der Waals surface area contributed by atoms with E-state index in [4.69, 9.17) is 18.9 Å². The molecule has 0 aromatic heterocycles. The van der Waals surface area contributed by atoms with Gasteiger partial charge in [-0.25, -0.2) is 9.59 Å². The average Bonchev–Trinajstić information content (AvgIpc) is 2.90. The Kier molecular flexibility index (Phi) is 5.47. The molecular weight excluding hydrogens is 476 g/mol. The second-order valence-corrected chi connectivity index (χ2v) is 8.05. The van der Waals surface area contributed by atoms with Crippen molar-refractivity contribution in [3.63, 3.8) is 0 Å². The summed E-state index contributed by atoms with van der Waals surface area (Å²) in [5, 5.41) is 22.6. The van der Waals surface area contributed by atoms with Gasteiger partial charge < -0.3 is 18.9 Å². The molecule has 0 unspecified atom stereocenters. The molecule has 3 aromatic carbocycles. The minimum atomic E-state index is -1.72. The van der Waals surface area contributed by atoms with Gasteiger partial charge in [0.05, 0.1) is 9.85 Å². The number of ether oxygens (including phenoxy) is 4. The van der Waals surface area contributed by atoms with Crippen LogP contribution in [-0.4, -0.2) is 34.7 Å². The van der Waals surface area contributed by atoms with E-state index in [1.54, 1.807) is 24.3 Å². The predicted octanol–water partition coefficient (Wildman–Crippen LogP) is 4.37. The summed E-state index contributed by atoms with van der Waals surface area (Å²) < 4.78 is 21.4. The molecule has 12 nitrogen and oxygen atoms in total. The van der Waals surface area contributed by atoms with Gasteiger partial charge in [0, 0.05) is 30.7 Å². The van der Waals surface area contributed by atoms with Crippen molar-refractivity contribution >= 4 is 23.7 Å². The largest absolute Gasteiger partial charge is 0.514 e. The van der Waals surface area contributed by atoms with Crippen LogP contribution in [0, 0.1) is 20.2 Å². The fourth-order valence-corrected chi connectivity index (χ4v) is 4.45. The predicted molar refractivity (Wildman–Crippen MR) is 119 cm³/mol. The quantitative estimate of drug-likeness (QED) is 0.291. The molecule has 0 radical (unpaired) electrons. The minimum absolute atomic E-state index is 0.0389. The third-order valence-electron chi connectivity index (χ3n) is 6.09. The number of rotatable bonds is 4. The van der Waals surface area contributed by atoms with Crippen LogP contribution >= 0.6 is 0 Å². The summed E-state index contributed by atoms with van der Waals surface area (Å²) in [6.45, 7) is 0. The van der Waals surface area contributed by atoms with Crippen molar-refractivity contribution in [1.29, 1.82) is 0 Å². The third-order valence-corrected chi connectivity index (χ3v) is 6.09. The highest BCUT2D eigenvalue weighted by atomic mass is 16.9. The molecule has 1 fully saturated rings. The zero-order valence-electron chi connectivity index (χ0n) is 18.3. The zero-order chi connectivity index (χ0) is 25.4. The Morgan fingerprint density at radius 2 is 1.03 bits per heavy atom. The highest BCUT2D eigenvalue weighted by Crippen LogP contribution is 2.46. The van der Waals surface area contributed by atoms with Crippen LogP contribution in [0.25, 0.3) is 0 Å². The summed E-state index contributed by atoms with van der Waals surface area (Å²) in [6, 6.07) is 17.6. The van der Waals surface area contributed by atoms with E-state index in [2.05, 4.69) is 0 Å². The van der Waals surface area contributed by atoms with E-state index >= 15 is 0 Å². The molecule has 0 N–H and O–H groups in total. The van der Waals surface area contributed by atoms with Crippen LogP contribution < -0.4 is 0 Å². The van der Waals surface area contributed by atoms with E-state index < -0.39 is 40.2 Å². The smallest absolute Gasteiger partial charge is 0.393 e. The summed E-state index contributed by atoms with van der Waals surface area (Å²) in [6.07, 6.45) is -5.31. The van der Waals surface area contributed by atoms with Crippen LogP contribution in [0.15, 0.2) is 72.8 Å². The number of carbonyl (C=O) groups excluding carboxylic acids is 2. The van der Waals surface area contributed by atoms with Gasteiger partial charge in [-0.3, -0.25) is 20.2 Å². The average molecular weight is 492 g/mol. The third kappa shape index (κ3) is 3.83. The lowest BCUT2D eigenvalue weighted by molar-refractivity contribution is -0.385.